The van der Waals surface area contributed by atoms with E-state index < -0.39 is 0 Å². The third-order valence-corrected chi connectivity index (χ3v) is 4.94. The van der Waals surface area contributed by atoms with Gasteiger partial charge in [-0.2, -0.15) is 0 Å². The van der Waals surface area contributed by atoms with E-state index in [0.717, 1.165) is 17.7 Å². The molecular formula is C13H24N2S. The summed E-state index contributed by atoms with van der Waals surface area (Å²) in [4.78, 5) is 4.63. The highest BCUT2D eigenvalue weighted by Gasteiger charge is 2.25. The Labute approximate surface area is 104 Å². The topological polar surface area (TPSA) is 24.4 Å². The fourth-order valence-corrected chi connectivity index (χ4v) is 3.85. The van der Waals surface area contributed by atoms with E-state index >= 15 is 0 Å². The molecule has 1 aliphatic carbocycles. The van der Waals surface area contributed by atoms with E-state index in [4.69, 9.17) is 0 Å². The minimum Gasteiger partial charge on any atom is -0.362 e. The summed E-state index contributed by atoms with van der Waals surface area (Å²) in [5.41, 5.74) is 0. The number of nitrogens with zero attached hydrogens (tertiary/aromatic N) is 1. The van der Waals surface area contributed by atoms with Crippen molar-refractivity contribution in [3.63, 3.8) is 0 Å². The van der Waals surface area contributed by atoms with E-state index in [9.17, 15) is 0 Å². The lowest BCUT2D eigenvalue weighted by atomic mass is 9.86. The van der Waals surface area contributed by atoms with Gasteiger partial charge < -0.3 is 5.32 Å². The normalized spacial score (nSPS) is 34.9. The second-order valence-corrected chi connectivity index (χ2v) is 6.48. The Bertz CT molecular complexity index is 252. The number of hydrogen-bond acceptors (Lipinski definition) is 3. The fraction of sp³-hybridized carbons (Fsp3) is 0.923. The standard InChI is InChI=1S/C13H24N2S/c1-3-6-11-9-14-13(16-11)15-12-8-5-4-7-10(12)2/h10-12H,3-9H2,1-2H3,(H,14,15). The van der Waals surface area contributed by atoms with Gasteiger partial charge in [-0.3, -0.25) is 4.99 Å². The second kappa shape index (κ2) is 5.95. The largest absolute Gasteiger partial charge is 0.362 e. The lowest BCUT2D eigenvalue weighted by Crippen LogP contribution is -2.39. The zero-order chi connectivity index (χ0) is 11.4. The Balaban J connectivity index is 1.77. The lowest BCUT2D eigenvalue weighted by molar-refractivity contribution is 0.310. The number of amidine groups is 1. The molecule has 1 N–H and O–H groups in total. The third-order valence-electron chi connectivity index (χ3n) is 3.75. The molecule has 0 aromatic carbocycles. The van der Waals surface area contributed by atoms with Crippen LogP contribution in [-0.2, 0) is 0 Å². The molecule has 0 saturated heterocycles. The molecule has 0 aromatic heterocycles. The van der Waals surface area contributed by atoms with E-state index in [0.29, 0.717) is 6.04 Å². The van der Waals surface area contributed by atoms with Gasteiger partial charge in [0.05, 0.1) is 6.54 Å². The molecule has 1 fully saturated rings. The van der Waals surface area contributed by atoms with Crippen LogP contribution < -0.4 is 5.32 Å². The predicted molar refractivity (Wildman–Crippen MR) is 73.1 cm³/mol. The highest BCUT2D eigenvalue weighted by molar-refractivity contribution is 8.14. The molecule has 0 bridgehead atoms. The van der Waals surface area contributed by atoms with Gasteiger partial charge in [0.2, 0.25) is 0 Å². The molecule has 1 saturated carbocycles. The summed E-state index contributed by atoms with van der Waals surface area (Å²) < 4.78 is 0. The van der Waals surface area contributed by atoms with E-state index in [-0.39, 0.29) is 0 Å². The Morgan fingerprint density at radius 3 is 2.94 bits per heavy atom. The van der Waals surface area contributed by atoms with Gasteiger partial charge in [-0.15, -0.1) is 0 Å². The minimum atomic E-state index is 0.681. The van der Waals surface area contributed by atoms with Gasteiger partial charge in [0.1, 0.15) is 0 Å². The molecule has 0 spiro atoms. The first-order valence-corrected chi connectivity index (χ1v) is 7.65. The molecule has 3 unspecified atom stereocenters. The fourth-order valence-electron chi connectivity index (χ4n) is 2.66. The Hall–Kier alpha value is -0.180. The number of thioether (sulfide) groups is 1. The third kappa shape index (κ3) is 3.16. The van der Waals surface area contributed by atoms with Crippen molar-refractivity contribution in [1.82, 2.24) is 5.32 Å². The van der Waals surface area contributed by atoms with Gasteiger partial charge in [-0.25, -0.2) is 0 Å². The minimum absolute atomic E-state index is 0.681. The maximum Gasteiger partial charge on any atom is 0.157 e. The van der Waals surface area contributed by atoms with E-state index in [2.05, 4.69) is 24.2 Å². The summed E-state index contributed by atoms with van der Waals surface area (Å²) in [5, 5.41) is 5.63. The second-order valence-electron chi connectivity index (χ2n) is 5.19. The summed E-state index contributed by atoms with van der Waals surface area (Å²) >= 11 is 1.97. The van der Waals surface area contributed by atoms with Crippen LogP contribution in [0.2, 0.25) is 0 Å². The maximum atomic E-state index is 4.63. The highest BCUT2D eigenvalue weighted by atomic mass is 32.2. The van der Waals surface area contributed by atoms with Gasteiger partial charge in [0, 0.05) is 11.3 Å². The molecule has 2 aliphatic rings. The van der Waals surface area contributed by atoms with Gasteiger partial charge in [-0.1, -0.05) is 44.9 Å². The molecule has 0 radical (unpaired) electrons. The van der Waals surface area contributed by atoms with Crippen molar-refractivity contribution in [3.05, 3.63) is 0 Å². The molecular weight excluding hydrogens is 216 g/mol. The van der Waals surface area contributed by atoms with E-state index in [1.54, 1.807) is 0 Å². The van der Waals surface area contributed by atoms with Crippen molar-refractivity contribution in [2.75, 3.05) is 6.54 Å². The van der Waals surface area contributed by atoms with Gasteiger partial charge in [-0.05, 0) is 25.2 Å². The zero-order valence-electron chi connectivity index (χ0n) is 10.5. The maximum absolute atomic E-state index is 4.63. The van der Waals surface area contributed by atoms with Crippen LogP contribution in [0.25, 0.3) is 0 Å². The number of hydrogen-bond donors (Lipinski definition) is 1. The molecule has 0 amide bonds. The summed E-state index contributed by atoms with van der Waals surface area (Å²) in [6.45, 7) is 5.66. The smallest absolute Gasteiger partial charge is 0.157 e. The Morgan fingerprint density at radius 1 is 1.38 bits per heavy atom. The summed E-state index contributed by atoms with van der Waals surface area (Å²) in [5.74, 6) is 0.822. The summed E-state index contributed by atoms with van der Waals surface area (Å²) in [7, 11) is 0. The van der Waals surface area contributed by atoms with Gasteiger partial charge >= 0.3 is 0 Å². The lowest BCUT2D eigenvalue weighted by Gasteiger charge is -2.30. The van der Waals surface area contributed by atoms with Crippen LogP contribution >= 0.6 is 11.8 Å². The molecule has 16 heavy (non-hydrogen) atoms. The van der Waals surface area contributed by atoms with Crippen molar-refractivity contribution in [1.29, 1.82) is 0 Å². The van der Waals surface area contributed by atoms with Gasteiger partial charge in [0.25, 0.3) is 0 Å². The zero-order valence-corrected chi connectivity index (χ0v) is 11.4. The number of nitrogens with one attached hydrogen (secondary N) is 1. The average Bonchev–Trinajstić information content (AvgIpc) is 2.70. The van der Waals surface area contributed by atoms with Crippen LogP contribution in [0.4, 0.5) is 0 Å². The quantitative estimate of drug-likeness (QED) is 0.817. The number of rotatable bonds is 3. The highest BCUT2D eigenvalue weighted by Crippen LogP contribution is 2.28. The molecule has 3 atom stereocenters. The van der Waals surface area contributed by atoms with Crippen molar-refractivity contribution >= 4 is 16.9 Å². The van der Waals surface area contributed by atoms with Crippen molar-refractivity contribution < 1.29 is 0 Å². The SMILES string of the molecule is CCCC1CN=C(NC2CCCCC2C)S1. The van der Waals surface area contributed by atoms with Crippen molar-refractivity contribution in [2.24, 2.45) is 10.9 Å². The first-order valence-electron chi connectivity index (χ1n) is 6.77. The molecule has 1 heterocycles. The van der Waals surface area contributed by atoms with Crippen LogP contribution in [0.15, 0.2) is 4.99 Å². The molecule has 0 aromatic rings. The van der Waals surface area contributed by atoms with Crippen LogP contribution in [0, 0.1) is 5.92 Å². The van der Waals surface area contributed by atoms with Crippen molar-refractivity contribution in [3.8, 4) is 0 Å². The van der Waals surface area contributed by atoms with Crippen LogP contribution in [0.5, 0.6) is 0 Å². The molecule has 2 rings (SSSR count). The monoisotopic (exact) mass is 240 g/mol. The molecule has 3 heteroatoms. The van der Waals surface area contributed by atoms with Crippen LogP contribution in [0.3, 0.4) is 0 Å². The molecule has 2 nitrogen and oxygen atoms in total. The Kier molecular flexibility index (Phi) is 4.56. The first-order chi connectivity index (χ1) is 7.79. The van der Waals surface area contributed by atoms with Crippen LogP contribution in [0.1, 0.15) is 52.4 Å². The predicted octanol–water partition coefficient (Wildman–Crippen LogP) is 3.43. The van der Waals surface area contributed by atoms with E-state index in [1.807, 2.05) is 11.8 Å². The van der Waals surface area contributed by atoms with E-state index in [1.165, 1.54) is 43.7 Å². The summed E-state index contributed by atoms with van der Waals surface area (Å²) in [6.07, 6.45) is 8.10. The molecule has 1 aliphatic heterocycles. The van der Waals surface area contributed by atoms with Crippen LogP contribution in [-0.4, -0.2) is 23.0 Å². The average molecular weight is 240 g/mol. The van der Waals surface area contributed by atoms with Gasteiger partial charge in [0.15, 0.2) is 5.17 Å². The molecule has 92 valence electrons. The number of aliphatic imine (C=N–C) groups is 1. The summed E-state index contributed by atoms with van der Waals surface area (Å²) in [6, 6.07) is 0.681. The first kappa shape index (κ1) is 12.3. The van der Waals surface area contributed by atoms with Crippen molar-refractivity contribution in [2.45, 2.75) is 63.7 Å². The Morgan fingerprint density at radius 2 is 2.19 bits per heavy atom.